The Morgan fingerprint density at radius 2 is 1.38 bits per heavy atom. The first-order valence-electron chi connectivity index (χ1n) is 11.9. The van der Waals surface area contributed by atoms with E-state index in [1.807, 2.05) is 13.8 Å². The molecule has 0 unspecified atom stereocenters. The van der Waals surface area contributed by atoms with Crippen molar-refractivity contribution in [3.63, 3.8) is 0 Å². The topological polar surface area (TPSA) is 115 Å². The lowest BCUT2D eigenvalue weighted by molar-refractivity contribution is -0.120. The highest BCUT2D eigenvalue weighted by molar-refractivity contribution is 5.96. The van der Waals surface area contributed by atoms with Gasteiger partial charge in [0.05, 0.1) is 31.5 Å². The van der Waals surface area contributed by atoms with Crippen LogP contribution < -0.4 is 25.0 Å². The lowest BCUT2D eigenvalue weighted by atomic mass is 10.2. The maximum absolute atomic E-state index is 12.3. The molecule has 0 saturated heterocycles. The highest BCUT2D eigenvalue weighted by Crippen LogP contribution is 2.17. The SMILES string of the molecule is CCCOc1ccc(C(=O)Oc2ccc(/C=N\NC(=O)CNC(=O)c3ccc(OCC)cc3)cc2)cc1. The van der Waals surface area contributed by atoms with Crippen molar-refractivity contribution in [2.24, 2.45) is 5.10 Å². The Hall–Kier alpha value is -4.66. The van der Waals surface area contributed by atoms with Crippen LogP contribution in [0.1, 0.15) is 46.5 Å². The standard InChI is InChI=1S/C28H29N3O6/c1-3-17-36-24-15-9-22(10-16-24)28(34)37-25-11-5-20(6-12-25)18-30-31-26(32)19-29-27(33)21-7-13-23(14-8-21)35-4-2/h5-16,18H,3-4,17,19H2,1-2H3,(H,29,33)(H,31,32)/b30-18-. The summed E-state index contributed by atoms with van der Waals surface area (Å²) in [4.78, 5) is 36.5. The van der Waals surface area contributed by atoms with Crippen LogP contribution >= 0.6 is 0 Å². The van der Waals surface area contributed by atoms with Crippen molar-refractivity contribution < 1.29 is 28.6 Å². The zero-order valence-electron chi connectivity index (χ0n) is 20.7. The van der Waals surface area contributed by atoms with Gasteiger partial charge in [-0.25, -0.2) is 10.2 Å². The van der Waals surface area contributed by atoms with Crippen molar-refractivity contribution in [1.29, 1.82) is 0 Å². The molecule has 0 radical (unpaired) electrons. The summed E-state index contributed by atoms with van der Waals surface area (Å²) in [6.45, 7) is 4.82. The number of nitrogens with one attached hydrogen (secondary N) is 2. The summed E-state index contributed by atoms with van der Waals surface area (Å²) in [7, 11) is 0. The molecule has 0 aliphatic rings. The fourth-order valence-corrected chi connectivity index (χ4v) is 3.05. The largest absolute Gasteiger partial charge is 0.494 e. The van der Waals surface area contributed by atoms with E-state index in [0.717, 1.165) is 6.42 Å². The molecule has 0 spiro atoms. The number of hydrogen-bond donors (Lipinski definition) is 2. The predicted octanol–water partition coefficient (Wildman–Crippen LogP) is 3.97. The van der Waals surface area contributed by atoms with E-state index in [9.17, 15) is 14.4 Å². The molecule has 0 aromatic heterocycles. The molecule has 0 bridgehead atoms. The smallest absolute Gasteiger partial charge is 0.343 e. The number of esters is 1. The number of rotatable bonds is 12. The summed E-state index contributed by atoms with van der Waals surface area (Å²) in [5.41, 5.74) is 3.85. The van der Waals surface area contributed by atoms with Crippen LogP contribution in [-0.2, 0) is 4.79 Å². The third kappa shape index (κ3) is 8.81. The molecule has 2 N–H and O–H groups in total. The molecule has 9 nitrogen and oxygen atoms in total. The Balaban J connectivity index is 1.41. The molecule has 0 heterocycles. The minimum absolute atomic E-state index is 0.232. The Bertz CT molecular complexity index is 1210. The van der Waals surface area contributed by atoms with E-state index in [2.05, 4.69) is 15.8 Å². The molecule has 37 heavy (non-hydrogen) atoms. The summed E-state index contributed by atoms with van der Waals surface area (Å²) in [5, 5.41) is 6.41. The maximum Gasteiger partial charge on any atom is 0.343 e. The fraction of sp³-hybridized carbons (Fsp3) is 0.214. The number of hydrogen-bond acceptors (Lipinski definition) is 7. The van der Waals surface area contributed by atoms with Crippen LogP contribution in [0.4, 0.5) is 0 Å². The Morgan fingerprint density at radius 1 is 0.784 bits per heavy atom. The average molecular weight is 504 g/mol. The average Bonchev–Trinajstić information content (AvgIpc) is 2.92. The minimum Gasteiger partial charge on any atom is -0.494 e. The van der Waals surface area contributed by atoms with E-state index >= 15 is 0 Å². The zero-order valence-corrected chi connectivity index (χ0v) is 20.7. The van der Waals surface area contributed by atoms with E-state index in [-0.39, 0.29) is 12.5 Å². The van der Waals surface area contributed by atoms with Gasteiger partial charge in [0.15, 0.2) is 0 Å². The normalized spacial score (nSPS) is 10.5. The zero-order chi connectivity index (χ0) is 26.5. The molecular weight excluding hydrogens is 474 g/mol. The van der Waals surface area contributed by atoms with Crippen LogP contribution in [0.5, 0.6) is 17.2 Å². The molecule has 0 aliphatic heterocycles. The molecule has 0 atom stereocenters. The summed E-state index contributed by atoms with van der Waals surface area (Å²) < 4.78 is 16.2. The molecule has 3 aromatic carbocycles. The van der Waals surface area contributed by atoms with Gasteiger partial charge in [-0.3, -0.25) is 9.59 Å². The van der Waals surface area contributed by atoms with Gasteiger partial charge in [-0.05, 0) is 91.7 Å². The number of nitrogens with zero attached hydrogens (tertiary/aromatic N) is 1. The molecule has 192 valence electrons. The van der Waals surface area contributed by atoms with Crippen molar-refractivity contribution >= 4 is 24.0 Å². The van der Waals surface area contributed by atoms with Crippen LogP contribution in [0.25, 0.3) is 0 Å². The first-order valence-corrected chi connectivity index (χ1v) is 11.9. The van der Waals surface area contributed by atoms with Crippen molar-refractivity contribution in [3.8, 4) is 17.2 Å². The van der Waals surface area contributed by atoms with Gasteiger partial charge < -0.3 is 19.5 Å². The summed E-state index contributed by atoms with van der Waals surface area (Å²) in [6, 6.07) is 20.0. The molecule has 3 aromatic rings. The number of hydrazone groups is 1. The molecular formula is C28H29N3O6. The fourth-order valence-electron chi connectivity index (χ4n) is 3.05. The van der Waals surface area contributed by atoms with E-state index in [0.29, 0.717) is 47.2 Å². The highest BCUT2D eigenvalue weighted by Gasteiger charge is 2.10. The van der Waals surface area contributed by atoms with Crippen LogP contribution in [0.15, 0.2) is 77.9 Å². The van der Waals surface area contributed by atoms with Crippen molar-refractivity contribution in [1.82, 2.24) is 10.7 Å². The van der Waals surface area contributed by atoms with Gasteiger partial charge in [-0.1, -0.05) is 6.92 Å². The van der Waals surface area contributed by atoms with Crippen LogP contribution in [0.3, 0.4) is 0 Å². The maximum atomic E-state index is 12.3. The first-order chi connectivity index (χ1) is 18.0. The van der Waals surface area contributed by atoms with E-state index < -0.39 is 11.9 Å². The van der Waals surface area contributed by atoms with Gasteiger partial charge >= 0.3 is 5.97 Å². The van der Waals surface area contributed by atoms with E-state index in [1.54, 1.807) is 72.8 Å². The Labute approximate surface area is 215 Å². The van der Waals surface area contributed by atoms with Gasteiger partial charge in [-0.2, -0.15) is 5.10 Å². The first kappa shape index (κ1) is 26.9. The third-order valence-electron chi connectivity index (χ3n) is 4.89. The Kier molecular flexibility index (Phi) is 10.2. The predicted molar refractivity (Wildman–Crippen MR) is 139 cm³/mol. The van der Waals surface area contributed by atoms with E-state index in [4.69, 9.17) is 14.2 Å². The molecule has 0 aliphatic carbocycles. The molecule has 3 rings (SSSR count). The van der Waals surface area contributed by atoms with Crippen LogP contribution in [-0.4, -0.2) is 43.8 Å². The molecule has 0 fully saturated rings. The van der Waals surface area contributed by atoms with Crippen LogP contribution in [0, 0.1) is 0 Å². The highest BCUT2D eigenvalue weighted by atomic mass is 16.5. The van der Waals surface area contributed by atoms with E-state index in [1.165, 1.54) is 6.21 Å². The minimum atomic E-state index is -0.483. The van der Waals surface area contributed by atoms with Gasteiger partial charge in [0.1, 0.15) is 17.2 Å². The van der Waals surface area contributed by atoms with Crippen LogP contribution in [0.2, 0.25) is 0 Å². The summed E-state index contributed by atoms with van der Waals surface area (Å²) >= 11 is 0. The lowest BCUT2D eigenvalue weighted by Gasteiger charge is -2.07. The second-order valence-electron chi connectivity index (χ2n) is 7.76. The van der Waals surface area contributed by atoms with Gasteiger partial charge in [-0.15, -0.1) is 0 Å². The molecule has 0 saturated carbocycles. The second-order valence-corrected chi connectivity index (χ2v) is 7.76. The third-order valence-corrected chi connectivity index (χ3v) is 4.89. The summed E-state index contributed by atoms with van der Waals surface area (Å²) in [6.07, 6.45) is 2.34. The number of benzene rings is 3. The number of carbonyl (C=O) groups excluding carboxylic acids is 3. The molecule has 9 heteroatoms. The van der Waals surface area contributed by atoms with Gasteiger partial charge in [0.2, 0.25) is 0 Å². The van der Waals surface area contributed by atoms with Crippen molar-refractivity contribution in [2.45, 2.75) is 20.3 Å². The number of ether oxygens (including phenoxy) is 3. The molecule has 2 amide bonds. The van der Waals surface area contributed by atoms with Crippen molar-refractivity contribution in [2.75, 3.05) is 19.8 Å². The quantitative estimate of drug-likeness (QED) is 0.167. The van der Waals surface area contributed by atoms with Gasteiger partial charge in [0.25, 0.3) is 11.8 Å². The Morgan fingerprint density at radius 3 is 2.00 bits per heavy atom. The number of carbonyl (C=O) groups is 3. The number of amides is 2. The second kappa shape index (κ2) is 14.0. The summed E-state index contributed by atoms with van der Waals surface area (Å²) in [5.74, 6) is 0.391. The monoisotopic (exact) mass is 503 g/mol. The lowest BCUT2D eigenvalue weighted by Crippen LogP contribution is -2.34. The van der Waals surface area contributed by atoms with Gasteiger partial charge in [0, 0.05) is 5.56 Å². The van der Waals surface area contributed by atoms with Crippen molar-refractivity contribution in [3.05, 3.63) is 89.5 Å².